The molecular weight excluding hydrogens is 252 g/mol. The molecule has 2 aromatic rings. The van der Waals surface area contributed by atoms with E-state index in [0.29, 0.717) is 16.4 Å². The SMILES string of the molecule is O=[N+]([O-])c1nc2ccc(CBr)cc2o1. The third-order valence-corrected chi connectivity index (χ3v) is 2.40. The minimum absolute atomic E-state index is 0.439. The largest absolute Gasteiger partial charge is 0.546 e. The Balaban J connectivity index is 2.60. The molecule has 14 heavy (non-hydrogen) atoms. The van der Waals surface area contributed by atoms with E-state index < -0.39 is 10.9 Å². The Labute approximate surface area is 87.0 Å². The van der Waals surface area contributed by atoms with Gasteiger partial charge in [-0.2, -0.15) is 0 Å². The monoisotopic (exact) mass is 256 g/mol. The van der Waals surface area contributed by atoms with Crippen LogP contribution in [0.25, 0.3) is 11.1 Å². The number of hydrogen-bond acceptors (Lipinski definition) is 4. The summed E-state index contributed by atoms with van der Waals surface area (Å²) >= 11 is 3.28. The summed E-state index contributed by atoms with van der Waals surface area (Å²) in [6, 6.07) is 4.79. The molecule has 0 bridgehead atoms. The zero-order chi connectivity index (χ0) is 10.1. The van der Waals surface area contributed by atoms with E-state index in [2.05, 4.69) is 20.9 Å². The van der Waals surface area contributed by atoms with Crippen LogP contribution in [-0.4, -0.2) is 9.91 Å². The molecule has 0 atom stereocenters. The van der Waals surface area contributed by atoms with Crippen molar-refractivity contribution in [1.29, 1.82) is 0 Å². The molecule has 5 nitrogen and oxygen atoms in total. The number of benzene rings is 1. The molecule has 0 aliphatic rings. The fourth-order valence-electron chi connectivity index (χ4n) is 1.12. The van der Waals surface area contributed by atoms with Crippen molar-refractivity contribution < 1.29 is 9.34 Å². The highest BCUT2D eigenvalue weighted by Gasteiger charge is 2.17. The number of alkyl halides is 1. The van der Waals surface area contributed by atoms with E-state index in [1.807, 2.05) is 6.07 Å². The fourth-order valence-corrected chi connectivity index (χ4v) is 1.47. The van der Waals surface area contributed by atoms with Crippen LogP contribution >= 0.6 is 15.9 Å². The molecule has 72 valence electrons. The van der Waals surface area contributed by atoms with Crippen LogP contribution in [0.4, 0.5) is 6.01 Å². The van der Waals surface area contributed by atoms with Crippen LogP contribution in [0, 0.1) is 10.1 Å². The molecule has 0 radical (unpaired) electrons. The Morgan fingerprint density at radius 1 is 1.57 bits per heavy atom. The highest BCUT2D eigenvalue weighted by molar-refractivity contribution is 9.08. The standard InChI is InChI=1S/C8H5BrN2O3/c9-4-5-1-2-6-7(3-5)14-8(10-6)11(12)13/h1-3H,4H2. The Morgan fingerprint density at radius 3 is 3.00 bits per heavy atom. The van der Waals surface area contributed by atoms with Gasteiger partial charge in [-0.15, -0.1) is 0 Å². The summed E-state index contributed by atoms with van der Waals surface area (Å²) in [6.07, 6.45) is 0. The normalized spacial score (nSPS) is 10.6. The molecular formula is C8H5BrN2O3. The van der Waals surface area contributed by atoms with E-state index in [1.54, 1.807) is 12.1 Å². The van der Waals surface area contributed by atoms with Gasteiger partial charge < -0.3 is 14.5 Å². The maximum atomic E-state index is 10.4. The van der Waals surface area contributed by atoms with E-state index in [0.717, 1.165) is 5.56 Å². The molecule has 0 amide bonds. The van der Waals surface area contributed by atoms with Crippen LogP contribution in [0.15, 0.2) is 22.6 Å². The molecule has 0 saturated heterocycles. The van der Waals surface area contributed by atoms with Crippen LogP contribution < -0.4 is 0 Å². The van der Waals surface area contributed by atoms with Crippen molar-refractivity contribution >= 4 is 33.0 Å². The van der Waals surface area contributed by atoms with Gasteiger partial charge in [-0.1, -0.05) is 22.0 Å². The first-order valence-electron chi connectivity index (χ1n) is 3.80. The number of halogens is 1. The summed E-state index contributed by atoms with van der Waals surface area (Å²) in [7, 11) is 0. The molecule has 0 spiro atoms. The maximum Gasteiger partial charge on any atom is 0.546 e. The second-order valence-corrected chi connectivity index (χ2v) is 3.25. The number of nitrogens with zero attached hydrogens (tertiary/aromatic N) is 2. The molecule has 1 aromatic carbocycles. The molecule has 0 saturated carbocycles. The molecule has 0 aliphatic carbocycles. The van der Waals surface area contributed by atoms with Gasteiger partial charge in [-0.3, -0.25) is 0 Å². The number of aromatic nitrogens is 1. The van der Waals surface area contributed by atoms with E-state index in [1.165, 1.54) is 0 Å². The van der Waals surface area contributed by atoms with Crippen LogP contribution in [0.3, 0.4) is 0 Å². The number of nitro groups is 1. The van der Waals surface area contributed by atoms with Gasteiger partial charge in [0.15, 0.2) is 5.58 Å². The van der Waals surface area contributed by atoms with E-state index in [-0.39, 0.29) is 0 Å². The van der Waals surface area contributed by atoms with Crippen LogP contribution in [-0.2, 0) is 5.33 Å². The summed E-state index contributed by atoms with van der Waals surface area (Å²) < 4.78 is 4.94. The Kier molecular flexibility index (Phi) is 2.20. The van der Waals surface area contributed by atoms with Crippen molar-refractivity contribution in [3.8, 4) is 0 Å². The minimum atomic E-state index is -0.645. The summed E-state index contributed by atoms with van der Waals surface area (Å²) in [5, 5.41) is 11.0. The Hall–Kier alpha value is -1.43. The lowest BCUT2D eigenvalue weighted by Crippen LogP contribution is -1.85. The average Bonchev–Trinajstić information content (AvgIpc) is 2.59. The molecule has 0 N–H and O–H groups in total. The Morgan fingerprint density at radius 2 is 2.36 bits per heavy atom. The first kappa shape index (κ1) is 9.14. The second-order valence-electron chi connectivity index (χ2n) is 2.69. The van der Waals surface area contributed by atoms with Crippen molar-refractivity contribution in [3.63, 3.8) is 0 Å². The molecule has 1 heterocycles. The molecule has 2 rings (SSSR count). The number of hydrogen-bond donors (Lipinski definition) is 0. The predicted octanol–water partition coefficient (Wildman–Crippen LogP) is 2.63. The van der Waals surface area contributed by atoms with Gasteiger partial charge >= 0.3 is 6.01 Å². The zero-order valence-corrected chi connectivity index (χ0v) is 8.52. The fraction of sp³-hybridized carbons (Fsp3) is 0.125. The summed E-state index contributed by atoms with van der Waals surface area (Å²) in [4.78, 5) is 13.4. The third kappa shape index (κ3) is 1.48. The number of rotatable bonds is 2. The molecule has 6 heteroatoms. The van der Waals surface area contributed by atoms with Gasteiger partial charge in [0.1, 0.15) is 0 Å². The highest BCUT2D eigenvalue weighted by atomic mass is 79.9. The van der Waals surface area contributed by atoms with Gasteiger partial charge in [0.05, 0.1) is 0 Å². The number of oxazole rings is 1. The first-order valence-corrected chi connectivity index (χ1v) is 4.92. The number of fused-ring (bicyclic) bond motifs is 1. The van der Waals surface area contributed by atoms with Crippen molar-refractivity contribution in [3.05, 3.63) is 33.9 Å². The topological polar surface area (TPSA) is 69.2 Å². The third-order valence-electron chi connectivity index (χ3n) is 1.75. The highest BCUT2D eigenvalue weighted by Crippen LogP contribution is 2.22. The lowest BCUT2D eigenvalue weighted by atomic mass is 10.2. The predicted molar refractivity (Wildman–Crippen MR) is 53.3 cm³/mol. The van der Waals surface area contributed by atoms with Crippen molar-refractivity contribution in [2.75, 3.05) is 0 Å². The molecule has 0 aliphatic heterocycles. The smallest absolute Gasteiger partial charge is 0.381 e. The van der Waals surface area contributed by atoms with Crippen molar-refractivity contribution in [1.82, 2.24) is 4.98 Å². The van der Waals surface area contributed by atoms with Crippen LogP contribution in [0.5, 0.6) is 0 Å². The lowest BCUT2D eigenvalue weighted by molar-refractivity contribution is -0.406. The van der Waals surface area contributed by atoms with Gasteiger partial charge in [0.2, 0.25) is 5.52 Å². The van der Waals surface area contributed by atoms with E-state index in [4.69, 9.17) is 4.42 Å². The van der Waals surface area contributed by atoms with Gasteiger partial charge in [0.25, 0.3) is 0 Å². The van der Waals surface area contributed by atoms with Crippen molar-refractivity contribution in [2.24, 2.45) is 0 Å². The van der Waals surface area contributed by atoms with Gasteiger partial charge in [0, 0.05) is 15.2 Å². The Bertz CT molecular complexity index is 494. The van der Waals surface area contributed by atoms with E-state index >= 15 is 0 Å². The van der Waals surface area contributed by atoms with E-state index in [9.17, 15) is 10.1 Å². The van der Waals surface area contributed by atoms with Crippen LogP contribution in [0.1, 0.15) is 5.56 Å². The van der Waals surface area contributed by atoms with Gasteiger partial charge in [-0.05, 0) is 17.7 Å². The van der Waals surface area contributed by atoms with Crippen molar-refractivity contribution in [2.45, 2.75) is 5.33 Å². The summed E-state index contributed by atoms with van der Waals surface area (Å²) in [6.45, 7) is 0. The van der Waals surface area contributed by atoms with Crippen LogP contribution in [0.2, 0.25) is 0 Å². The zero-order valence-electron chi connectivity index (χ0n) is 6.94. The van der Waals surface area contributed by atoms with Gasteiger partial charge in [-0.25, -0.2) is 0 Å². The minimum Gasteiger partial charge on any atom is -0.381 e. The summed E-state index contributed by atoms with van der Waals surface area (Å²) in [5.41, 5.74) is 1.93. The molecule has 0 fully saturated rings. The first-order chi connectivity index (χ1) is 6.70. The maximum absolute atomic E-state index is 10.4. The lowest BCUT2D eigenvalue weighted by Gasteiger charge is -1.89. The molecule has 0 unspecified atom stereocenters. The summed E-state index contributed by atoms with van der Waals surface area (Å²) in [5.74, 6) is 0. The quantitative estimate of drug-likeness (QED) is 0.471. The molecule has 1 aromatic heterocycles. The average molecular weight is 257 g/mol. The second kappa shape index (κ2) is 3.38.